The van der Waals surface area contributed by atoms with Crippen LogP contribution in [0.1, 0.15) is 58.5 Å². The van der Waals surface area contributed by atoms with Gasteiger partial charge in [0.25, 0.3) is 0 Å². The average Bonchev–Trinajstić information content (AvgIpc) is 3.21. The molecule has 0 saturated carbocycles. The van der Waals surface area contributed by atoms with Crippen LogP contribution in [0.3, 0.4) is 0 Å². The molecule has 10 heteroatoms. The summed E-state index contributed by atoms with van der Waals surface area (Å²) in [6, 6.07) is 8.93. The van der Waals surface area contributed by atoms with Gasteiger partial charge in [0.2, 0.25) is 0 Å². The quantitative estimate of drug-likeness (QED) is 0.506. The lowest BCUT2D eigenvalue weighted by Crippen LogP contribution is -2.58. The van der Waals surface area contributed by atoms with Crippen LogP contribution >= 0.6 is 0 Å². The van der Waals surface area contributed by atoms with Gasteiger partial charge in [-0.2, -0.15) is 10.2 Å². The van der Waals surface area contributed by atoms with Crippen LogP contribution in [0.15, 0.2) is 23.0 Å². The number of piperazine rings is 1. The maximum Gasteiger partial charge on any atom is 0.350 e. The van der Waals surface area contributed by atoms with Gasteiger partial charge >= 0.3 is 5.69 Å². The van der Waals surface area contributed by atoms with Gasteiger partial charge in [-0.05, 0) is 51.8 Å². The van der Waals surface area contributed by atoms with E-state index >= 15 is 0 Å². The average molecular weight is 520 g/mol. The van der Waals surface area contributed by atoms with Crippen LogP contribution in [-0.4, -0.2) is 61.4 Å². The van der Waals surface area contributed by atoms with E-state index in [9.17, 15) is 10.1 Å². The number of hydrogen-bond acceptors (Lipinski definition) is 8. The Bertz CT molecular complexity index is 1470. The summed E-state index contributed by atoms with van der Waals surface area (Å²) in [5, 5.41) is 9.27. The van der Waals surface area contributed by atoms with Crippen LogP contribution < -0.4 is 20.1 Å². The molecular formula is C28H37N7O3. The smallest absolute Gasteiger partial charge is 0.350 e. The van der Waals surface area contributed by atoms with E-state index in [0.29, 0.717) is 29.4 Å². The lowest BCUT2D eigenvalue weighted by molar-refractivity contribution is 0.0209. The molecule has 1 aromatic carbocycles. The second-order valence-electron chi connectivity index (χ2n) is 11.2. The Morgan fingerprint density at radius 1 is 1.18 bits per heavy atom. The summed E-state index contributed by atoms with van der Waals surface area (Å²) >= 11 is 0. The van der Waals surface area contributed by atoms with E-state index in [4.69, 9.17) is 14.5 Å². The SMILES string of the molecule is CC[C@@H]1CN(c2nc(=O)n(C)c3c2nc(CC#N)n3C)[C@@H](C)CN1C(C)c1ccc2c(c1)OC(C)(C)CO2. The molecule has 0 amide bonds. The highest BCUT2D eigenvalue weighted by atomic mass is 16.6. The molecule has 2 aliphatic heterocycles. The van der Waals surface area contributed by atoms with Gasteiger partial charge in [-0.3, -0.25) is 9.47 Å². The molecule has 10 nitrogen and oxygen atoms in total. The van der Waals surface area contributed by atoms with Crippen molar-refractivity contribution in [3.63, 3.8) is 0 Å². The van der Waals surface area contributed by atoms with Crippen molar-refractivity contribution >= 4 is 17.0 Å². The van der Waals surface area contributed by atoms with Crippen LogP contribution in [-0.2, 0) is 20.5 Å². The van der Waals surface area contributed by atoms with Crippen molar-refractivity contribution in [3.05, 3.63) is 40.1 Å². The fraction of sp³-hybridized carbons (Fsp3) is 0.571. The van der Waals surface area contributed by atoms with Gasteiger partial charge in [0, 0.05) is 45.3 Å². The van der Waals surface area contributed by atoms with Gasteiger partial charge in [0.15, 0.2) is 17.3 Å². The van der Waals surface area contributed by atoms with Gasteiger partial charge in [-0.15, -0.1) is 0 Å². The van der Waals surface area contributed by atoms with E-state index in [0.717, 1.165) is 31.0 Å². The highest BCUT2D eigenvalue weighted by Crippen LogP contribution is 2.39. The number of anilines is 1. The Balaban J connectivity index is 1.46. The Morgan fingerprint density at radius 3 is 2.66 bits per heavy atom. The zero-order chi connectivity index (χ0) is 27.4. The maximum absolute atomic E-state index is 12.9. The fourth-order valence-electron chi connectivity index (χ4n) is 5.76. The lowest BCUT2D eigenvalue weighted by atomic mass is 9.98. The van der Waals surface area contributed by atoms with E-state index < -0.39 is 0 Å². The normalized spacial score (nSPS) is 21.9. The minimum absolute atomic E-state index is 0.0978. The number of nitriles is 1. The molecule has 5 rings (SSSR count). The number of rotatable bonds is 5. The first kappa shape index (κ1) is 26.0. The summed E-state index contributed by atoms with van der Waals surface area (Å²) in [6.07, 6.45) is 1.12. The number of imidazole rings is 1. The summed E-state index contributed by atoms with van der Waals surface area (Å²) in [4.78, 5) is 26.9. The van der Waals surface area contributed by atoms with Gasteiger partial charge in [-0.1, -0.05) is 13.0 Å². The molecule has 0 bridgehead atoms. The molecule has 3 aromatic rings. The van der Waals surface area contributed by atoms with E-state index in [1.165, 1.54) is 10.1 Å². The van der Waals surface area contributed by atoms with Crippen LogP contribution in [0.2, 0.25) is 0 Å². The molecule has 0 radical (unpaired) electrons. The zero-order valence-electron chi connectivity index (χ0n) is 23.4. The molecule has 0 spiro atoms. The monoisotopic (exact) mass is 519 g/mol. The molecule has 0 aliphatic carbocycles. The van der Waals surface area contributed by atoms with Crippen molar-refractivity contribution in [1.29, 1.82) is 5.26 Å². The lowest BCUT2D eigenvalue weighted by Gasteiger charge is -2.48. The van der Waals surface area contributed by atoms with Gasteiger partial charge in [-0.25, -0.2) is 9.78 Å². The highest BCUT2D eigenvalue weighted by molar-refractivity contribution is 5.84. The third-order valence-electron chi connectivity index (χ3n) is 7.95. The molecule has 1 unspecified atom stereocenters. The largest absolute Gasteiger partial charge is 0.486 e. The number of fused-ring (bicyclic) bond motifs is 2. The third-order valence-corrected chi connectivity index (χ3v) is 7.95. The first-order valence-electron chi connectivity index (χ1n) is 13.3. The number of hydrogen-bond donors (Lipinski definition) is 0. The van der Waals surface area contributed by atoms with Crippen LogP contribution in [0.4, 0.5) is 5.82 Å². The van der Waals surface area contributed by atoms with Crippen molar-refractivity contribution in [2.24, 2.45) is 14.1 Å². The molecule has 3 atom stereocenters. The van der Waals surface area contributed by atoms with Gasteiger partial charge in [0.1, 0.15) is 29.2 Å². The van der Waals surface area contributed by atoms with Crippen molar-refractivity contribution in [2.45, 2.75) is 71.2 Å². The van der Waals surface area contributed by atoms with Gasteiger partial charge in [0.05, 0.1) is 12.5 Å². The number of benzene rings is 1. The highest BCUT2D eigenvalue weighted by Gasteiger charge is 2.37. The van der Waals surface area contributed by atoms with E-state index in [1.807, 2.05) is 31.5 Å². The standard InChI is InChI=1S/C28H37N7O3/c1-8-20-15-34(25-24-26(33(7)27(36)31-25)32(6)23(30-24)11-12-29)17(2)14-35(20)18(3)19-9-10-21-22(13-19)38-28(4,5)16-37-21/h9-10,13,17-18,20H,8,11,14-16H2,1-7H3/t17-,18?,20+/m0/s1. The Labute approximate surface area is 223 Å². The first-order valence-corrected chi connectivity index (χ1v) is 13.3. The Hall–Kier alpha value is -3.58. The predicted octanol–water partition coefficient (Wildman–Crippen LogP) is 3.33. The summed E-state index contributed by atoms with van der Waals surface area (Å²) < 4.78 is 15.5. The molecule has 202 valence electrons. The number of ether oxygens (including phenoxy) is 2. The zero-order valence-corrected chi connectivity index (χ0v) is 23.4. The van der Waals surface area contributed by atoms with Crippen molar-refractivity contribution in [1.82, 2.24) is 24.0 Å². The van der Waals surface area contributed by atoms with Crippen LogP contribution in [0.25, 0.3) is 11.2 Å². The van der Waals surface area contributed by atoms with Crippen LogP contribution in [0.5, 0.6) is 11.5 Å². The van der Waals surface area contributed by atoms with Gasteiger partial charge < -0.3 is 18.9 Å². The van der Waals surface area contributed by atoms with E-state index in [-0.39, 0.29) is 35.8 Å². The summed E-state index contributed by atoms with van der Waals surface area (Å²) in [6.45, 7) is 12.7. The summed E-state index contributed by atoms with van der Waals surface area (Å²) in [5.74, 6) is 2.81. The molecule has 2 aliphatic rings. The number of nitrogens with zero attached hydrogens (tertiary/aromatic N) is 7. The predicted molar refractivity (Wildman–Crippen MR) is 146 cm³/mol. The molecule has 38 heavy (non-hydrogen) atoms. The van der Waals surface area contributed by atoms with Crippen LogP contribution in [0, 0.1) is 11.3 Å². The topological polar surface area (TPSA) is 101 Å². The Morgan fingerprint density at radius 2 is 1.95 bits per heavy atom. The third kappa shape index (κ3) is 4.39. The molecule has 0 N–H and O–H groups in total. The molecular weight excluding hydrogens is 482 g/mol. The second-order valence-corrected chi connectivity index (χ2v) is 11.2. The minimum atomic E-state index is -0.357. The van der Waals surface area contributed by atoms with E-state index in [2.05, 4.69) is 53.8 Å². The molecule has 1 fully saturated rings. The fourth-order valence-corrected chi connectivity index (χ4v) is 5.76. The first-order chi connectivity index (χ1) is 18.0. The van der Waals surface area contributed by atoms with Crippen molar-refractivity contribution in [3.8, 4) is 17.6 Å². The molecule has 1 saturated heterocycles. The maximum atomic E-state index is 12.9. The van der Waals surface area contributed by atoms with Crippen molar-refractivity contribution in [2.75, 3.05) is 24.6 Å². The summed E-state index contributed by atoms with van der Waals surface area (Å²) in [7, 11) is 3.54. The van der Waals surface area contributed by atoms with E-state index in [1.54, 1.807) is 7.05 Å². The second kappa shape index (κ2) is 9.62. The molecule has 2 aromatic heterocycles. The van der Waals surface area contributed by atoms with Crippen molar-refractivity contribution < 1.29 is 9.47 Å². The number of aryl methyl sites for hydroxylation is 2. The minimum Gasteiger partial charge on any atom is -0.486 e. The Kier molecular flexibility index (Phi) is 6.59. The summed E-state index contributed by atoms with van der Waals surface area (Å²) in [5.41, 5.74) is 1.85. The molecule has 4 heterocycles. The number of aromatic nitrogens is 4.